The molecule has 0 fully saturated rings. The molecule has 3 aromatic heterocycles. The molecule has 0 unspecified atom stereocenters. The van der Waals surface area contributed by atoms with E-state index in [0.717, 1.165) is 22.4 Å². The van der Waals surface area contributed by atoms with E-state index in [0.29, 0.717) is 5.65 Å². The number of rotatable bonds is 2. The minimum Gasteiger partial charge on any atom is -0.245 e. The zero-order valence-corrected chi connectivity index (χ0v) is 11.4. The first kappa shape index (κ1) is 12.6. The molecule has 3 heterocycles. The quantitative estimate of drug-likeness (QED) is 0.569. The second kappa shape index (κ2) is 5.00. The number of nitrogens with zero attached hydrogens (tertiary/aromatic N) is 5. The molecule has 1 aromatic carbocycles. The van der Waals surface area contributed by atoms with Gasteiger partial charge in [0.05, 0.1) is 11.9 Å². The van der Waals surface area contributed by atoms with E-state index >= 15 is 0 Å². The summed E-state index contributed by atoms with van der Waals surface area (Å²) in [6, 6.07) is 8.09. The molecule has 4 rings (SSSR count). The van der Waals surface area contributed by atoms with Gasteiger partial charge in [0.2, 0.25) is 0 Å². The molecule has 22 heavy (non-hydrogen) atoms. The first-order chi connectivity index (χ1) is 10.8. The molecule has 0 aliphatic rings. The van der Waals surface area contributed by atoms with Gasteiger partial charge in [0, 0.05) is 29.7 Å². The van der Waals surface area contributed by atoms with Crippen molar-refractivity contribution in [2.75, 3.05) is 0 Å². The fraction of sp³-hybridized carbons (Fsp3) is 0. The van der Waals surface area contributed by atoms with Gasteiger partial charge in [-0.1, -0.05) is 12.1 Å². The predicted molar refractivity (Wildman–Crippen MR) is 79.4 cm³/mol. The van der Waals surface area contributed by atoms with Crippen molar-refractivity contribution in [2.24, 2.45) is 0 Å². The Bertz CT molecular complexity index is 932. The van der Waals surface area contributed by atoms with Crippen LogP contribution in [-0.2, 0) is 0 Å². The second-order valence-corrected chi connectivity index (χ2v) is 4.77. The average molecular weight is 291 g/mol. The van der Waals surface area contributed by atoms with Crippen LogP contribution in [0.2, 0.25) is 0 Å². The first-order valence-corrected chi connectivity index (χ1v) is 6.67. The molecule has 0 bridgehead atoms. The molecule has 0 saturated heterocycles. The van der Waals surface area contributed by atoms with E-state index in [9.17, 15) is 4.39 Å². The topological polar surface area (TPSA) is 56.0 Å². The van der Waals surface area contributed by atoms with Crippen molar-refractivity contribution in [1.82, 2.24) is 24.6 Å². The monoisotopic (exact) mass is 291 g/mol. The van der Waals surface area contributed by atoms with Crippen molar-refractivity contribution in [3.05, 3.63) is 67.3 Å². The zero-order chi connectivity index (χ0) is 14.9. The Kier molecular flexibility index (Phi) is 2.86. The van der Waals surface area contributed by atoms with Gasteiger partial charge >= 0.3 is 0 Å². The Morgan fingerprint density at radius 3 is 2.55 bits per heavy atom. The van der Waals surface area contributed by atoms with E-state index in [1.165, 1.54) is 18.5 Å². The van der Waals surface area contributed by atoms with Crippen LogP contribution in [0.5, 0.6) is 0 Å². The Balaban J connectivity index is 1.82. The molecular formula is C16H10FN5. The highest BCUT2D eigenvalue weighted by molar-refractivity contribution is 5.77. The molecule has 0 amide bonds. The Labute approximate surface area is 125 Å². The molecule has 0 spiro atoms. The molecular weight excluding hydrogens is 281 g/mol. The van der Waals surface area contributed by atoms with Crippen molar-refractivity contribution >= 4 is 5.65 Å². The maximum Gasteiger partial charge on any atom is 0.162 e. The Morgan fingerprint density at radius 1 is 0.909 bits per heavy atom. The normalized spacial score (nSPS) is 11.0. The van der Waals surface area contributed by atoms with Crippen molar-refractivity contribution in [3.63, 3.8) is 0 Å². The molecule has 106 valence electrons. The van der Waals surface area contributed by atoms with Crippen LogP contribution in [0.25, 0.3) is 28.0 Å². The summed E-state index contributed by atoms with van der Waals surface area (Å²) < 4.78 is 14.7. The van der Waals surface area contributed by atoms with Gasteiger partial charge in [-0.2, -0.15) is 5.10 Å². The highest BCUT2D eigenvalue weighted by Gasteiger charge is 2.09. The maximum absolute atomic E-state index is 13.0. The lowest BCUT2D eigenvalue weighted by Crippen LogP contribution is -1.93. The van der Waals surface area contributed by atoms with Gasteiger partial charge in [0.1, 0.15) is 12.1 Å². The summed E-state index contributed by atoms with van der Waals surface area (Å²) in [4.78, 5) is 12.6. The van der Waals surface area contributed by atoms with Crippen LogP contribution in [-0.4, -0.2) is 24.6 Å². The summed E-state index contributed by atoms with van der Waals surface area (Å²) >= 11 is 0. The van der Waals surface area contributed by atoms with Crippen molar-refractivity contribution < 1.29 is 4.39 Å². The van der Waals surface area contributed by atoms with Crippen molar-refractivity contribution in [3.8, 4) is 22.4 Å². The standard InChI is InChI=1S/C16H10FN5/c17-13-3-1-11(2-4-13)14-8-21-22-9-12(7-19-16(14)22)15-5-6-18-10-20-15/h1-10H. The molecule has 0 saturated carbocycles. The lowest BCUT2D eigenvalue weighted by molar-refractivity contribution is 0.628. The first-order valence-electron chi connectivity index (χ1n) is 6.67. The molecule has 6 heteroatoms. The molecule has 0 N–H and O–H groups in total. The minimum absolute atomic E-state index is 0.265. The summed E-state index contributed by atoms with van der Waals surface area (Å²) in [5, 5.41) is 4.32. The van der Waals surface area contributed by atoms with E-state index in [2.05, 4.69) is 20.1 Å². The van der Waals surface area contributed by atoms with Crippen LogP contribution in [0, 0.1) is 5.82 Å². The maximum atomic E-state index is 13.0. The molecule has 4 aromatic rings. The number of aromatic nitrogens is 5. The molecule has 0 aliphatic carbocycles. The fourth-order valence-electron chi connectivity index (χ4n) is 2.30. The highest BCUT2D eigenvalue weighted by atomic mass is 19.1. The van der Waals surface area contributed by atoms with Crippen LogP contribution >= 0.6 is 0 Å². The van der Waals surface area contributed by atoms with Gasteiger partial charge < -0.3 is 0 Å². The van der Waals surface area contributed by atoms with E-state index < -0.39 is 0 Å². The number of benzene rings is 1. The van der Waals surface area contributed by atoms with Gasteiger partial charge in [-0.05, 0) is 23.8 Å². The summed E-state index contributed by atoms with van der Waals surface area (Å²) in [5.74, 6) is -0.265. The fourth-order valence-corrected chi connectivity index (χ4v) is 2.30. The van der Waals surface area contributed by atoms with E-state index in [-0.39, 0.29) is 5.82 Å². The SMILES string of the molecule is Fc1ccc(-c2cnn3cc(-c4ccncn4)cnc23)cc1. The Morgan fingerprint density at radius 2 is 1.77 bits per heavy atom. The molecule has 0 radical (unpaired) electrons. The third-order valence-electron chi connectivity index (χ3n) is 3.39. The number of halogens is 1. The van der Waals surface area contributed by atoms with Crippen LogP contribution in [0.15, 0.2) is 61.4 Å². The van der Waals surface area contributed by atoms with Crippen LogP contribution < -0.4 is 0 Å². The molecule has 0 aliphatic heterocycles. The number of hydrogen-bond donors (Lipinski definition) is 0. The summed E-state index contributed by atoms with van der Waals surface area (Å²) in [6.07, 6.45) is 8.50. The van der Waals surface area contributed by atoms with Gasteiger partial charge in [-0.15, -0.1) is 0 Å². The largest absolute Gasteiger partial charge is 0.245 e. The summed E-state index contributed by atoms with van der Waals surface area (Å²) in [6.45, 7) is 0. The van der Waals surface area contributed by atoms with E-state index in [1.807, 2.05) is 12.3 Å². The number of fused-ring (bicyclic) bond motifs is 1. The van der Waals surface area contributed by atoms with Gasteiger partial charge in [-0.3, -0.25) is 0 Å². The average Bonchev–Trinajstić information content (AvgIpc) is 2.99. The summed E-state index contributed by atoms with van der Waals surface area (Å²) in [7, 11) is 0. The predicted octanol–water partition coefficient (Wildman–Crippen LogP) is 2.99. The third kappa shape index (κ3) is 2.10. The summed E-state index contributed by atoms with van der Waals surface area (Å²) in [5.41, 5.74) is 4.07. The molecule has 5 nitrogen and oxygen atoms in total. The second-order valence-electron chi connectivity index (χ2n) is 4.77. The van der Waals surface area contributed by atoms with Gasteiger partial charge in [0.15, 0.2) is 5.65 Å². The lowest BCUT2D eigenvalue weighted by atomic mass is 10.1. The number of hydrogen-bond acceptors (Lipinski definition) is 4. The van der Waals surface area contributed by atoms with Crippen LogP contribution in [0.1, 0.15) is 0 Å². The van der Waals surface area contributed by atoms with Gasteiger partial charge in [0.25, 0.3) is 0 Å². The third-order valence-corrected chi connectivity index (χ3v) is 3.39. The van der Waals surface area contributed by atoms with Gasteiger partial charge in [-0.25, -0.2) is 23.9 Å². The van der Waals surface area contributed by atoms with Crippen LogP contribution in [0.3, 0.4) is 0 Å². The zero-order valence-electron chi connectivity index (χ0n) is 11.4. The smallest absolute Gasteiger partial charge is 0.162 e. The highest BCUT2D eigenvalue weighted by Crippen LogP contribution is 2.24. The van der Waals surface area contributed by atoms with E-state index in [1.54, 1.807) is 35.2 Å². The Hall–Kier alpha value is -3.15. The lowest BCUT2D eigenvalue weighted by Gasteiger charge is -2.02. The minimum atomic E-state index is -0.265. The van der Waals surface area contributed by atoms with Crippen LogP contribution in [0.4, 0.5) is 4.39 Å². The molecule has 0 atom stereocenters. The van der Waals surface area contributed by atoms with Crippen molar-refractivity contribution in [1.29, 1.82) is 0 Å². The van der Waals surface area contributed by atoms with E-state index in [4.69, 9.17) is 0 Å². The van der Waals surface area contributed by atoms with Crippen molar-refractivity contribution in [2.45, 2.75) is 0 Å².